The molecule has 0 saturated carbocycles. The van der Waals surface area contributed by atoms with Crippen molar-refractivity contribution in [2.24, 2.45) is 5.92 Å². The summed E-state index contributed by atoms with van der Waals surface area (Å²) in [7, 11) is 0. The zero-order valence-corrected chi connectivity index (χ0v) is 22.4. The van der Waals surface area contributed by atoms with Gasteiger partial charge in [-0.1, -0.05) is 102 Å². The van der Waals surface area contributed by atoms with Gasteiger partial charge in [-0.05, 0) is 42.3 Å². The number of benzene rings is 4. The van der Waals surface area contributed by atoms with Gasteiger partial charge in [-0.25, -0.2) is 0 Å². The highest BCUT2D eigenvalue weighted by Gasteiger charge is 2.70. The van der Waals surface area contributed by atoms with Crippen molar-refractivity contribution in [3.63, 3.8) is 0 Å². The molecule has 0 aliphatic carbocycles. The Kier molecular flexibility index (Phi) is 5.55. The molecule has 0 unspecified atom stereocenters. The zero-order chi connectivity index (χ0) is 27.6. The normalized spacial score (nSPS) is 23.9. The minimum atomic E-state index is -1.34. The Morgan fingerprint density at radius 3 is 2.35 bits per heavy atom. The molecule has 40 heavy (non-hydrogen) atoms. The summed E-state index contributed by atoms with van der Waals surface area (Å²) in [6.45, 7) is 1.96. The number of hydrogen-bond donors (Lipinski definition) is 1. The number of fused-ring (bicyclic) bond motifs is 6. The Hall–Kier alpha value is -4.48. The second kappa shape index (κ2) is 9.04. The second-order valence-electron chi connectivity index (χ2n) is 10.6. The Balaban J connectivity index is 1.55. The second-order valence-corrected chi connectivity index (χ2v) is 11.0. The number of nitrogens with one attached hydrogen (secondary N) is 1. The number of hydrogen-bond acceptors (Lipinski definition) is 4. The van der Waals surface area contributed by atoms with Crippen LogP contribution in [0, 0.1) is 12.8 Å². The molecular weight excluding hydrogens is 520 g/mol. The predicted molar refractivity (Wildman–Crippen MR) is 157 cm³/mol. The number of aryl methyl sites for hydroxylation is 1. The number of ketones is 2. The van der Waals surface area contributed by atoms with Gasteiger partial charge in [-0.3, -0.25) is 14.4 Å². The van der Waals surface area contributed by atoms with E-state index in [4.69, 9.17) is 11.6 Å². The fraction of sp³-hybridized carbons (Fsp3) is 0.147. The monoisotopic (exact) mass is 544 g/mol. The predicted octanol–water partition coefficient (Wildman–Crippen LogP) is 6.50. The Bertz CT molecular complexity index is 1740. The third-order valence-corrected chi connectivity index (χ3v) is 8.90. The molecule has 4 atom stereocenters. The minimum Gasteiger partial charge on any atom is -0.352 e. The maximum absolute atomic E-state index is 14.7. The van der Waals surface area contributed by atoms with Crippen LogP contribution in [-0.2, 0) is 10.2 Å². The molecular formula is C34H25ClN2O3. The summed E-state index contributed by atoms with van der Waals surface area (Å²) in [6.07, 6.45) is 3.96. The van der Waals surface area contributed by atoms with E-state index in [1.54, 1.807) is 36.4 Å². The van der Waals surface area contributed by atoms with E-state index in [-0.39, 0.29) is 17.5 Å². The highest BCUT2D eigenvalue weighted by Crippen LogP contribution is 2.58. The molecule has 0 aromatic heterocycles. The summed E-state index contributed by atoms with van der Waals surface area (Å²) in [6, 6.07) is 27.9. The van der Waals surface area contributed by atoms with Crippen LogP contribution in [0.4, 0.5) is 11.4 Å². The average Bonchev–Trinajstić information content (AvgIpc) is 3.45. The molecule has 4 aromatic carbocycles. The molecule has 4 aromatic rings. The Labute approximate surface area is 237 Å². The topological polar surface area (TPSA) is 66.5 Å². The van der Waals surface area contributed by atoms with E-state index in [1.165, 1.54) is 0 Å². The van der Waals surface area contributed by atoms with Gasteiger partial charge in [-0.2, -0.15) is 0 Å². The van der Waals surface area contributed by atoms with Gasteiger partial charge in [0.2, 0.25) is 5.91 Å². The maximum atomic E-state index is 14.7. The first-order valence-electron chi connectivity index (χ1n) is 13.3. The van der Waals surface area contributed by atoms with Crippen molar-refractivity contribution in [3.05, 3.63) is 136 Å². The minimum absolute atomic E-state index is 0.252. The van der Waals surface area contributed by atoms with E-state index in [0.717, 1.165) is 22.4 Å². The molecule has 5 nitrogen and oxygen atoms in total. The van der Waals surface area contributed by atoms with Gasteiger partial charge in [0.25, 0.3) is 0 Å². The molecule has 1 spiro atoms. The molecule has 1 saturated heterocycles. The molecule has 7 rings (SSSR count). The number of halogens is 1. The number of amides is 1. The third-order valence-electron chi connectivity index (χ3n) is 8.57. The smallest absolute Gasteiger partial charge is 0.238 e. The van der Waals surface area contributed by atoms with Gasteiger partial charge in [0.1, 0.15) is 11.5 Å². The molecule has 1 amide bonds. The van der Waals surface area contributed by atoms with E-state index in [1.807, 2.05) is 84.6 Å². The van der Waals surface area contributed by atoms with Crippen LogP contribution in [0.3, 0.4) is 0 Å². The van der Waals surface area contributed by atoms with Gasteiger partial charge < -0.3 is 10.2 Å². The van der Waals surface area contributed by atoms with Crippen molar-refractivity contribution in [2.45, 2.75) is 24.4 Å². The Morgan fingerprint density at radius 2 is 1.55 bits per heavy atom. The highest BCUT2D eigenvalue weighted by molar-refractivity contribution is 6.34. The molecule has 0 bridgehead atoms. The molecule has 3 aliphatic heterocycles. The van der Waals surface area contributed by atoms with Crippen molar-refractivity contribution in [1.82, 2.24) is 0 Å². The van der Waals surface area contributed by atoms with Crippen LogP contribution in [0.25, 0.3) is 6.08 Å². The quantitative estimate of drug-likeness (QED) is 0.298. The van der Waals surface area contributed by atoms with E-state index < -0.39 is 23.4 Å². The maximum Gasteiger partial charge on any atom is 0.238 e. The fourth-order valence-electron chi connectivity index (χ4n) is 6.84. The molecule has 0 radical (unpaired) electrons. The van der Waals surface area contributed by atoms with Gasteiger partial charge in [0.15, 0.2) is 11.6 Å². The average molecular weight is 545 g/mol. The molecule has 196 valence electrons. The van der Waals surface area contributed by atoms with Gasteiger partial charge in [-0.15, -0.1) is 0 Å². The van der Waals surface area contributed by atoms with Crippen LogP contribution >= 0.6 is 11.6 Å². The van der Waals surface area contributed by atoms with E-state index in [0.29, 0.717) is 21.8 Å². The summed E-state index contributed by atoms with van der Waals surface area (Å²) in [5.74, 6) is -1.85. The number of carbonyl (C=O) groups excluding carboxylic acids is 3. The van der Waals surface area contributed by atoms with Crippen molar-refractivity contribution in [1.29, 1.82) is 0 Å². The fourth-order valence-corrected chi connectivity index (χ4v) is 7.07. The SMILES string of the molecule is Cc1ccc(C(=O)[C@@H]2[C@@H](C(=O)c3ccccc3Cl)N3c4ccccc4C=C[C@@H]3[C@@]23C(=O)Nc2ccccc23)cc1. The number of para-hydroxylation sites is 2. The number of nitrogens with zero attached hydrogens (tertiary/aromatic N) is 1. The molecule has 6 heteroatoms. The van der Waals surface area contributed by atoms with Gasteiger partial charge in [0.05, 0.1) is 17.0 Å². The van der Waals surface area contributed by atoms with E-state index >= 15 is 0 Å². The van der Waals surface area contributed by atoms with Crippen LogP contribution in [0.15, 0.2) is 103 Å². The van der Waals surface area contributed by atoms with Crippen LogP contribution in [0.2, 0.25) is 5.02 Å². The Morgan fingerprint density at radius 1 is 0.850 bits per heavy atom. The van der Waals surface area contributed by atoms with Crippen LogP contribution in [0.5, 0.6) is 0 Å². The van der Waals surface area contributed by atoms with E-state index in [9.17, 15) is 14.4 Å². The third kappa shape index (κ3) is 3.31. The summed E-state index contributed by atoms with van der Waals surface area (Å²) in [5.41, 5.74) is 3.55. The largest absolute Gasteiger partial charge is 0.352 e. The lowest BCUT2D eigenvalue weighted by Crippen LogP contribution is -2.51. The number of carbonyl (C=O) groups is 3. The van der Waals surface area contributed by atoms with Crippen molar-refractivity contribution < 1.29 is 14.4 Å². The van der Waals surface area contributed by atoms with Gasteiger partial charge in [0, 0.05) is 22.5 Å². The lowest BCUT2D eigenvalue weighted by Gasteiger charge is -2.37. The van der Waals surface area contributed by atoms with Gasteiger partial charge >= 0.3 is 0 Å². The number of anilines is 2. The summed E-state index contributed by atoms with van der Waals surface area (Å²) >= 11 is 6.58. The van der Waals surface area contributed by atoms with Crippen LogP contribution in [-0.4, -0.2) is 29.6 Å². The number of Topliss-reactive ketones (excluding diaryl/α,β-unsaturated/α-hetero) is 2. The first kappa shape index (κ1) is 24.6. The first-order chi connectivity index (χ1) is 19.4. The summed E-state index contributed by atoms with van der Waals surface area (Å²) < 4.78 is 0. The lowest BCUT2D eigenvalue weighted by molar-refractivity contribution is -0.121. The molecule has 3 heterocycles. The van der Waals surface area contributed by atoms with Crippen molar-refractivity contribution in [2.75, 3.05) is 10.2 Å². The summed E-state index contributed by atoms with van der Waals surface area (Å²) in [5, 5.41) is 3.36. The standard InChI is InChI=1S/C34H25ClN2O3/c1-20-14-16-22(17-15-20)31(38)29-30(32(39)23-9-3-5-11-25(23)35)37-27-13-7-2-8-21(27)18-19-28(37)34(29)24-10-4-6-12-26(24)36-33(34)40/h2-19,28-30H,1H3,(H,36,40)/t28-,29+,30+,34-/m1/s1. The van der Waals surface area contributed by atoms with Crippen molar-refractivity contribution >= 4 is 46.5 Å². The van der Waals surface area contributed by atoms with Crippen molar-refractivity contribution in [3.8, 4) is 0 Å². The summed E-state index contributed by atoms with van der Waals surface area (Å²) in [4.78, 5) is 45.7. The first-order valence-corrected chi connectivity index (χ1v) is 13.7. The highest BCUT2D eigenvalue weighted by atomic mass is 35.5. The van der Waals surface area contributed by atoms with E-state index in [2.05, 4.69) is 5.32 Å². The van der Waals surface area contributed by atoms with Crippen LogP contribution < -0.4 is 10.2 Å². The zero-order valence-electron chi connectivity index (χ0n) is 21.7. The number of rotatable bonds is 4. The lowest BCUT2D eigenvalue weighted by atomic mass is 9.64. The van der Waals surface area contributed by atoms with Crippen LogP contribution in [0.1, 0.15) is 37.4 Å². The molecule has 3 aliphatic rings. The molecule has 1 fully saturated rings. The molecule has 1 N–H and O–H groups in total.